The lowest BCUT2D eigenvalue weighted by Gasteiger charge is -2.02. The standard InChI is InChI=1S/C16H11N3S/c1-2-4-11(5-3-1)12-6-13-14(15-9-17-10-20-15)8-19-16(13)18-7-12/h1-10H,(H,18,19). The summed E-state index contributed by atoms with van der Waals surface area (Å²) in [6.45, 7) is 0. The highest BCUT2D eigenvalue weighted by atomic mass is 32.1. The molecule has 0 amide bonds. The van der Waals surface area contributed by atoms with Crippen LogP contribution in [-0.2, 0) is 0 Å². The molecule has 0 spiro atoms. The molecule has 96 valence electrons. The number of thiazole rings is 1. The number of rotatable bonds is 2. The largest absolute Gasteiger partial charge is 0.345 e. The molecule has 0 fully saturated rings. The van der Waals surface area contributed by atoms with Gasteiger partial charge in [-0.2, -0.15) is 0 Å². The van der Waals surface area contributed by atoms with Crippen LogP contribution in [0.4, 0.5) is 0 Å². The molecule has 0 radical (unpaired) electrons. The van der Waals surface area contributed by atoms with E-state index in [2.05, 4.69) is 33.2 Å². The second-order valence-electron chi connectivity index (χ2n) is 4.55. The van der Waals surface area contributed by atoms with E-state index < -0.39 is 0 Å². The van der Waals surface area contributed by atoms with Crippen LogP contribution >= 0.6 is 11.3 Å². The van der Waals surface area contributed by atoms with Crippen LogP contribution in [0.25, 0.3) is 32.6 Å². The Bertz CT molecular complexity index is 848. The predicted octanol–water partition coefficient (Wildman–Crippen LogP) is 4.35. The third-order valence-corrected chi connectivity index (χ3v) is 4.14. The molecule has 20 heavy (non-hydrogen) atoms. The van der Waals surface area contributed by atoms with Crippen LogP contribution in [0.5, 0.6) is 0 Å². The number of nitrogens with zero attached hydrogens (tertiary/aromatic N) is 2. The number of aromatic amines is 1. The van der Waals surface area contributed by atoms with Crippen LogP contribution in [0.1, 0.15) is 0 Å². The van der Waals surface area contributed by atoms with Gasteiger partial charge >= 0.3 is 0 Å². The van der Waals surface area contributed by atoms with Gasteiger partial charge in [0.2, 0.25) is 0 Å². The summed E-state index contributed by atoms with van der Waals surface area (Å²) in [5.41, 5.74) is 6.23. The molecule has 3 nitrogen and oxygen atoms in total. The zero-order valence-corrected chi connectivity index (χ0v) is 11.4. The highest BCUT2D eigenvalue weighted by Gasteiger charge is 2.09. The fourth-order valence-electron chi connectivity index (χ4n) is 2.34. The Labute approximate surface area is 120 Å². The predicted molar refractivity (Wildman–Crippen MR) is 82.6 cm³/mol. The maximum atomic E-state index is 4.52. The first-order chi connectivity index (χ1) is 9.92. The average molecular weight is 277 g/mol. The highest BCUT2D eigenvalue weighted by Crippen LogP contribution is 2.32. The zero-order chi connectivity index (χ0) is 13.4. The van der Waals surface area contributed by atoms with Crippen LogP contribution in [0, 0.1) is 0 Å². The van der Waals surface area contributed by atoms with E-state index in [0.717, 1.165) is 27.0 Å². The topological polar surface area (TPSA) is 41.6 Å². The summed E-state index contributed by atoms with van der Waals surface area (Å²) in [5.74, 6) is 0. The third kappa shape index (κ3) is 1.82. The molecule has 4 aromatic rings. The SMILES string of the molecule is c1ccc(-c2cnc3[nH]cc(-c4cncs4)c3c2)cc1. The first-order valence-corrected chi connectivity index (χ1v) is 7.21. The molecule has 0 unspecified atom stereocenters. The van der Waals surface area contributed by atoms with Gasteiger partial charge in [-0.3, -0.25) is 4.98 Å². The normalized spacial score (nSPS) is 11.0. The lowest BCUT2D eigenvalue weighted by Crippen LogP contribution is -1.81. The van der Waals surface area contributed by atoms with Gasteiger partial charge in [-0.15, -0.1) is 11.3 Å². The lowest BCUT2D eigenvalue weighted by molar-refractivity contribution is 1.33. The van der Waals surface area contributed by atoms with E-state index in [1.165, 1.54) is 5.56 Å². The molecule has 4 rings (SSSR count). The summed E-state index contributed by atoms with van der Waals surface area (Å²) in [6.07, 6.45) is 5.80. The fourth-order valence-corrected chi connectivity index (χ4v) is 3.00. The van der Waals surface area contributed by atoms with Gasteiger partial charge in [-0.05, 0) is 11.6 Å². The molecular formula is C16H11N3S. The number of nitrogens with one attached hydrogen (secondary N) is 1. The lowest BCUT2D eigenvalue weighted by atomic mass is 10.1. The van der Waals surface area contributed by atoms with Crippen LogP contribution < -0.4 is 0 Å². The van der Waals surface area contributed by atoms with Crippen molar-refractivity contribution >= 4 is 22.4 Å². The van der Waals surface area contributed by atoms with E-state index >= 15 is 0 Å². The van der Waals surface area contributed by atoms with Gasteiger partial charge in [0, 0.05) is 35.1 Å². The average Bonchev–Trinajstić information content (AvgIpc) is 3.16. The molecule has 1 aromatic carbocycles. The van der Waals surface area contributed by atoms with Crippen molar-refractivity contribution in [3.8, 4) is 21.6 Å². The summed E-state index contributed by atoms with van der Waals surface area (Å²) >= 11 is 1.64. The first-order valence-electron chi connectivity index (χ1n) is 6.33. The molecular weight excluding hydrogens is 266 g/mol. The number of benzene rings is 1. The van der Waals surface area contributed by atoms with Crippen LogP contribution in [0.2, 0.25) is 0 Å². The van der Waals surface area contributed by atoms with Crippen molar-refractivity contribution in [2.75, 3.05) is 0 Å². The quantitative estimate of drug-likeness (QED) is 0.591. The summed E-state index contributed by atoms with van der Waals surface area (Å²) < 4.78 is 0. The highest BCUT2D eigenvalue weighted by molar-refractivity contribution is 7.13. The van der Waals surface area contributed by atoms with Crippen molar-refractivity contribution in [3.05, 3.63) is 60.5 Å². The first kappa shape index (κ1) is 11.4. The summed E-state index contributed by atoms with van der Waals surface area (Å²) in [5, 5.41) is 1.13. The Morgan fingerprint density at radius 3 is 2.70 bits per heavy atom. The Morgan fingerprint density at radius 2 is 1.90 bits per heavy atom. The molecule has 4 heteroatoms. The zero-order valence-electron chi connectivity index (χ0n) is 10.6. The number of fused-ring (bicyclic) bond motifs is 1. The second-order valence-corrected chi connectivity index (χ2v) is 5.44. The van der Waals surface area contributed by atoms with Gasteiger partial charge in [-0.1, -0.05) is 30.3 Å². The maximum Gasteiger partial charge on any atom is 0.137 e. The van der Waals surface area contributed by atoms with Gasteiger partial charge in [0.25, 0.3) is 0 Å². The molecule has 0 aliphatic rings. The number of H-pyrrole nitrogens is 1. The van der Waals surface area contributed by atoms with Crippen molar-refractivity contribution in [2.45, 2.75) is 0 Å². The van der Waals surface area contributed by atoms with Gasteiger partial charge in [0.15, 0.2) is 0 Å². The Balaban J connectivity index is 1.92. The van der Waals surface area contributed by atoms with Crippen molar-refractivity contribution in [1.29, 1.82) is 0 Å². The van der Waals surface area contributed by atoms with Gasteiger partial charge in [0.05, 0.1) is 10.4 Å². The second kappa shape index (κ2) is 4.58. The van der Waals surface area contributed by atoms with Crippen molar-refractivity contribution in [2.24, 2.45) is 0 Å². The Kier molecular flexibility index (Phi) is 2.60. The monoisotopic (exact) mass is 277 g/mol. The summed E-state index contributed by atoms with van der Waals surface area (Å²) in [7, 11) is 0. The summed E-state index contributed by atoms with van der Waals surface area (Å²) in [4.78, 5) is 13.0. The number of pyridine rings is 1. The molecule has 0 aliphatic carbocycles. The molecule has 1 N–H and O–H groups in total. The van der Waals surface area contributed by atoms with E-state index in [0.29, 0.717) is 0 Å². The van der Waals surface area contributed by atoms with E-state index in [9.17, 15) is 0 Å². The fraction of sp³-hybridized carbons (Fsp3) is 0. The minimum atomic E-state index is 0.910. The smallest absolute Gasteiger partial charge is 0.137 e. The third-order valence-electron chi connectivity index (χ3n) is 3.34. The van der Waals surface area contributed by atoms with Crippen LogP contribution in [-0.4, -0.2) is 15.0 Å². The van der Waals surface area contributed by atoms with Crippen LogP contribution in [0.3, 0.4) is 0 Å². The molecule has 0 atom stereocenters. The molecule has 3 aromatic heterocycles. The molecule has 3 heterocycles. The van der Waals surface area contributed by atoms with E-state index in [1.807, 2.05) is 42.3 Å². The number of hydrogen-bond donors (Lipinski definition) is 1. The Morgan fingerprint density at radius 1 is 1.00 bits per heavy atom. The number of hydrogen-bond acceptors (Lipinski definition) is 3. The molecule has 0 saturated carbocycles. The molecule has 0 saturated heterocycles. The van der Waals surface area contributed by atoms with Crippen molar-refractivity contribution < 1.29 is 0 Å². The van der Waals surface area contributed by atoms with Gasteiger partial charge in [0.1, 0.15) is 5.65 Å². The summed E-state index contributed by atoms with van der Waals surface area (Å²) in [6, 6.07) is 12.5. The van der Waals surface area contributed by atoms with Crippen LogP contribution in [0.15, 0.2) is 60.5 Å². The number of aromatic nitrogens is 3. The maximum absolute atomic E-state index is 4.52. The van der Waals surface area contributed by atoms with E-state index in [-0.39, 0.29) is 0 Å². The van der Waals surface area contributed by atoms with E-state index in [1.54, 1.807) is 11.3 Å². The Hall–Kier alpha value is -2.46. The van der Waals surface area contributed by atoms with Gasteiger partial charge < -0.3 is 4.98 Å². The van der Waals surface area contributed by atoms with Crippen molar-refractivity contribution in [3.63, 3.8) is 0 Å². The minimum absolute atomic E-state index is 0.910. The van der Waals surface area contributed by atoms with Gasteiger partial charge in [-0.25, -0.2) is 4.98 Å². The molecule has 0 aliphatic heterocycles. The molecule has 0 bridgehead atoms. The van der Waals surface area contributed by atoms with E-state index in [4.69, 9.17) is 0 Å². The van der Waals surface area contributed by atoms with Crippen molar-refractivity contribution in [1.82, 2.24) is 15.0 Å². The minimum Gasteiger partial charge on any atom is -0.345 e.